The molecule has 1 aromatic heterocycles. The number of rotatable bonds is 6. The number of hydrogen-bond donors (Lipinski definition) is 1. The first-order valence-electron chi connectivity index (χ1n) is 11.7. The van der Waals surface area contributed by atoms with Crippen molar-refractivity contribution in [1.29, 1.82) is 0 Å². The number of halogens is 2. The number of ether oxygens (including phenoxy) is 1. The van der Waals surface area contributed by atoms with E-state index >= 15 is 4.39 Å². The zero-order valence-electron chi connectivity index (χ0n) is 20.5. The molecule has 0 bridgehead atoms. The molecule has 36 heavy (non-hydrogen) atoms. The molecule has 0 saturated carbocycles. The summed E-state index contributed by atoms with van der Waals surface area (Å²) in [5, 5.41) is 3.93. The molecular weight excluding hydrogens is 483 g/mol. The molecule has 9 heteroatoms. The number of benzene rings is 2. The Hall–Kier alpha value is -3.65. The van der Waals surface area contributed by atoms with Gasteiger partial charge >= 0.3 is 0 Å². The smallest absolute Gasteiger partial charge is 0.247 e. The minimum Gasteiger partial charge on any atom is -0.496 e. The van der Waals surface area contributed by atoms with Crippen molar-refractivity contribution in [1.82, 2.24) is 9.88 Å². The lowest BCUT2D eigenvalue weighted by molar-refractivity contribution is -0.129. The quantitative estimate of drug-likeness (QED) is 0.469. The Kier molecular flexibility index (Phi) is 7.45. The van der Waals surface area contributed by atoms with E-state index < -0.39 is 5.82 Å². The molecule has 2 amide bonds. The van der Waals surface area contributed by atoms with Crippen molar-refractivity contribution >= 4 is 45.7 Å². The van der Waals surface area contributed by atoms with Crippen molar-refractivity contribution < 1.29 is 18.7 Å². The highest BCUT2D eigenvalue weighted by Crippen LogP contribution is 2.45. The van der Waals surface area contributed by atoms with E-state index in [0.29, 0.717) is 60.1 Å². The van der Waals surface area contributed by atoms with Crippen LogP contribution in [0.15, 0.2) is 43.1 Å². The van der Waals surface area contributed by atoms with Crippen molar-refractivity contribution in [3.8, 4) is 16.9 Å². The second kappa shape index (κ2) is 10.5. The van der Waals surface area contributed by atoms with Gasteiger partial charge in [0.15, 0.2) is 0 Å². The van der Waals surface area contributed by atoms with Gasteiger partial charge in [0.25, 0.3) is 0 Å². The third-order valence-corrected chi connectivity index (χ3v) is 6.77. The number of amides is 2. The maximum absolute atomic E-state index is 15.1. The normalized spacial score (nSPS) is 13.6. The van der Waals surface area contributed by atoms with E-state index in [-0.39, 0.29) is 17.4 Å². The summed E-state index contributed by atoms with van der Waals surface area (Å²) in [5.41, 5.74) is 3.50. The Labute approximate surface area is 214 Å². The molecule has 1 saturated heterocycles. The van der Waals surface area contributed by atoms with E-state index in [4.69, 9.17) is 16.3 Å². The number of aromatic nitrogens is 1. The molecule has 0 unspecified atom stereocenters. The molecule has 0 atom stereocenters. The van der Waals surface area contributed by atoms with Crippen LogP contribution in [0.5, 0.6) is 5.75 Å². The summed E-state index contributed by atoms with van der Waals surface area (Å²) in [4.78, 5) is 32.7. The number of carbonyl (C=O) groups is 2. The summed E-state index contributed by atoms with van der Waals surface area (Å²) < 4.78 is 20.5. The van der Waals surface area contributed by atoms with Gasteiger partial charge in [0.1, 0.15) is 11.6 Å². The highest BCUT2D eigenvalue weighted by Gasteiger charge is 2.27. The van der Waals surface area contributed by atoms with Crippen LogP contribution in [0, 0.1) is 5.82 Å². The average Bonchev–Trinajstić information content (AvgIpc) is 2.88. The summed E-state index contributed by atoms with van der Waals surface area (Å²) in [7, 11) is 1.49. The number of carbonyl (C=O) groups excluding carboxylic acids is 2. The fraction of sp³-hybridized carbons (Fsp3) is 0.296. The van der Waals surface area contributed by atoms with Gasteiger partial charge < -0.3 is 19.9 Å². The third-order valence-electron chi connectivity index (χ3n) is 6.47. The number of fused-ring (bicyclic) bond motifs is 1. The lowest BCUT2D eigenvalue weighted by Crippen LogP contribution is -2.48. The van der Waals surface area contributed by atoms with Crippen LogP contribution < -0.4 is 15.0 Å². The fourth-order valence-corrected chi connectivity index (χ4v) is 5.07. The summed E-state index contributed by atoms with van der Waals surface area (Å²) in [6, 6.07) is 6.42. The molecule has 2 aromatic carbocycles. The van der Waals surface area contributed by atoms with E-state index in [0.717, 1.165) is 16.6 Å². The van der Waals surface area contributed by atoms with Gasteiger partial charge in [-0.05, 0) is 36.3 Å². The van der Waals surface area contributed by atoms with Gasteiger partial charge in [-0.1, -0.05) is 31.2 Å². The molecule has 1 N–H and O–H groups in total. The van der Waals surface area contributed by atoms with Gasteiger partial charge in [0, 0.05) is 49.1 Å². The highest BCUT2D eigenvalue weighted by atomic mass is 35.5. The molecule has 0 radical (unpaired) electrons. The zero-order valence-corrected chi connectivity index (χ0v) is 21.3. The van der Waals surface area contributed by atoms with Crippen LogP contribution in [0.4, 0.5) is 15.8 Å². The summed E-state index contributed by atoms with van der Waals surface area (Å²) >= 11 is 6.86. The van der Waals surface area contributed by atoms with Gasteiger partial charge in [-0.2, -0.15) is 0 Å². The Morgan fingerprint density at radius 2 is 1.97 bits per heavy atom. The van der Waals surface area contributed by atoms with Crippen LogP contribution in [0.2, 0.25) is 5.02 Å². The molecule has 188 valence electrons. The number of hydrogen-bond acceptors (Lipinski definition) is 5. The number of methoxy groups -OCH3 is 1. The lowest BCUT2D eigenvalue weighted by Gasteiger charge is -2.37. The predicted molar refractivity (Wildman–Crippen MR) is 141 cm³/mol. The van der Waals surface area contributed by atoms with Crippen LogP contribution >= 0.6 is 11.6 Å². The maximum atomic E-state index is 15.1. The number of nitrogens with zero attached hydrogens (tertiary/aromatic N) is 3. The maximum Gasteiger partial charge on any atom is 0.247 e. The van der Waals surface area contributed by atoms with Crippen molar-refractivity contribution in [2.75, 3.05) is 43.5 Å². The van der Waals surface area contributed by atoms with E-state index in [1.165, 1.54) is 19.3 Å². The summed E-state index contributed by atoms with van der Waals surface area (Å²) in [6.07, 6.45) is 3.33. The van der Waals surface area contributed by atoms with Gasteiger partial charge in [-0.25, -0.2) is 4.39 Å². The molecule has 4 rings (SSSR count). The molecule has 0 spiro atoms. The van der Waals surface area contributed by atoms with Gasteiger partial charge in [-0.15, -0.1) is 0 Å². The van der Waals surface area contributed by atoms with Crippen LogP contribution in [-0.4, -0.2) is 55.0 Å². The van der Waals surface area contributed by atoms with Crippen LogP contribution in [-0.2, 0) is 16.0 Å². The Morgan fingerprint density at radius 1 is 1.25 bits per heavy atom. The van der Waals surface area contributed by atoms with Gasteiger partial charge in [0.2, 0.25) is 11.8 Å². The Morgan fingerprint density at radius 3 is 2.58 bits per heavy atom. The van der Waals surface area contributed by atoms with Crippen LogP contribution in [0.3, 0.4) is 0 Å². The monoisotopic (exact) mass is 510 g/mol. The predicted octanol–water partition coefficient (Wildman–Crippen LogP) is 5.06. The number of pyridine rings is 1. The topological polar surface area (TPSA) is 74.8 Å². The van der Waals surface area contributed by atoms with E-state index in [1.54, 1.807) is 36.2 Å². The van der Waals surface area contributed by atoms with Crippen LogP contribution in [0.1, 0.15) is 19.4 Å². The van der Waals surface area contributed by atoms with Gasteiger partial charge in [0.05, 0.1) is 35.8 Å². The molecule has 2 heterocycles. The zero-order chi connectivity index (χ0) is 26.0. The average molecular weight is 511 g/mol. The van der Waals surface area contributed by atoms with Crippen molar-refractivity contribution in [2.24, 2.45) is 0 Å². The highest BCUT2D eigenvalue weighted by molar-refractivity contribution is 6.35. The fourth-order valence-electron chi connectivity index (χ4n) is 4.75. The Balaban J connectivity index is 1.97. The summed E-state index contributed by atoms with van der Waals surface area (Å²) in [6.45, 7) is 9.29. The third kappa shape index (κ3) is 4.60. The lowest BCUT2D eigenvalue weighted by atomic mass is 9.93. The molecule has 1 aliphatic rings. The van der Waals surface area contributed by atoms with Crippen LogP contribution in [0.25, 0.3) is 22.0 Å². The van der Waals surface area contributed by atoms with Crippen molar-refractivity contribution in [3.63, 3.8) is 0 Å². The second-order valence-corrected chi connectivity index (χ2v) is 8.89. The largest absolute Gasteiger partial charge is 0.496 e. The second-order valence-electron chi connectivity index (χ2n) is 8.49. The number of anilines is 2. The van der Waals surface area contributed by atoms with Crippen molar-refractivity contribution in [2.45, 2.75) is 20.3 Å². The van der Waals surface area contributed by atoms with E-state index in [2.05, 4.69) is 21.8 Å². The molecule has 1 aliphatic heterocycles. The van der Waals surface area contributed by atoms with E-state index in [1.807, 2.05) is 6.92 Å². The minimum absolute atomic E-state index is 0.0224. The Bertz CT molecular complexity index is 1350. The molecule has 0 aliphatic carbocycles. The first-order chi connectivity index (χ1) is 17.3. The number of nitrogens with one attached hydrogen (secondary N) is 1. The van der Waals surface area contributed by atoms with Gasteiger partial charge in [-0.3, -0.25) is 14.6 Å². The summed E-state index contributed by atoms with van der Waals surface area (Å²) in [5.74, 6) is -0.411. The molecule has 1 fully saturated rings. The number of piperazine rings is 1. The first-order valence-corrected chi connectivity index (χ1v) is 12.1. The standard InChI is InChI=1S/C27H28ClFN4O3/c1-5-17-24(25-20(29)8-7-9-22(25)36-4)19(28)14-18-26(17)30-15-21(31-23(35)6-2)27(18)33-12-10-32(11-13-33)16(3)34/h6-9,14-15H,2,5,10-13H2,1,3-4H3,(H,31,35). The molecule has 3 aromatic rings. The first kappa shape index (κ1) is 25.4. The molecular formula is C27H28ClFN4O3. The van der Waals surface area contributed by atoms with Crippen molar-refractivity contribution in [3.05, 3.63) is 59.5 Å². The molecule has 7 nitrogen and oxygen atoms in total. The number of aryl methyl sites for hydroxylation is 1. The van der Waals surface area contributed by atoms with E-state index in [9.17, 15) is 9.59 Å². The SMILES string of the molecule is C=CC(=O)Nc1cnc2c(CC)c(-c3c(F)cccc3OC)c(Cl)cc2c1N1CCN(C(C)=O)CC1. The minimum atomic E-state index is -0.444.